The van der Waals surface area contributed by atoms with Gasteiger partial charge in [0.15, 0.2) is 5.75 Å². The standard InChI is InChI=1S/C13H17N2O/c1-13(2,14)6-8-15-7-5-10-9-11(16)3-4-12(10)15/h3-5,7,9H,6,8,14H2,1-2H3. The molecule has 1 aromatic carbocycles. The fourth-order valence-corrected chi connectivity index (χ4v) is 1.78. The Bertz CT molecular complexity index is 494. The summed E-state index contributed by atoms with van der Waals surface area (Å²) in [6.07, 6.45) is 2.92. The van der Waals surface area contributed by atoms with Crippen LogP contribution in [0.25, 0.3) is 10.9 Å². The molecule has 1 aromatic heterocycles. The van der Waals surface area contributed by atoms with Crippen molar-refractivity contribution < 1.29 is 5.11 Å². The number of fused-ring (bicyclic) bond motifs is 1. The third kappa shape index (κ3) is 2.36. The lowest BCUT2D eigenvalue weighted by atomic mass is 10.0. The molecule has 0 aliphatic carbocycles. The lowest BCUT2D eigenvalue weighted by Crippen LogP contribution is -2.33. The average molecular weight is 217 g/mol. The highest BCUT2D eigenvalue weighted by Gasteiger charge is 2.11. The Morgan fingerprint density at radius 1 is 1.31 bits per heavy atom. The minimum absolute atomic E-state index is 0.0596. The van der Waals surface area contributed by atoms with E-state index in [0.29, 0.717) is 0 Å². The topological polar surface area (TPSA) is 50.8 Å². The van der Waals surface area contributed by atoms with Crippen LogP contribution in [0.2, 0.25) is 0 Å². The van der Waals surface area contributed by atoms with Crippen molar-refractivity contribution >= 4 is 10.9 Å². The van der Waals surface area contributed by atoms with Crippen molar-refractivity contribution in [2.45, 2.75) is 32.4 Å². The number of aromatic nitrogens is 1. The van der Waals surface area contributed by atoms with Gasteiger partial charge in [-0.05, 0) is 44.5 Å². The Labute approximate surface area is 95.5 Å². The van der Waals surface area contributed by atoms with Gasteiger partial charge in [-0.15, -0.1) is 0 Å². The van der Waals surface area contributed by atoms with Crippen LogP contribution < -0.4 is 5.73 Å². The van der Waals surface area contributed by atoms with Gasteiger partial charge in [0.2, 0.25) is 0 Å². The summed E-state index contributed by atoms with van der Waals surface area (Å²) in [6.45, 7) is 4.92. The number of aryl methyl sites for hydroxylation is 1. The van der Waals surface area contributed by atoms with Crippen LogP contribution in [0.3, 0.4) is 0 Å². The molecule has 2 N–H and O–H groups in total. The zero-order valence-corrected chi connectivity index (χ0v) is 9.73. The number of nitrogens with two attached hydrogens (primary N) is 1. The van der Waals surface area contributed by atoms with Crippen LogP contribution in [-0.2, 0) is 11.7 Å². The molecule has 0 aliphatic heterocycles. The van der Waals surface area contributed by atoms with Gasteiger partial charge in [0.05, 0.1) is 0 Å². The first-order chi connectivity index (χ1) is 7.46. The van der Waals surface area contributed by atoms with E-state index in [4.69, 9.17) is 5.73 Å². The molecule has 3 nitrogen and oxygen atoms in total. The first-order valence-electron chi connectivity index (χ1n) is 5.50. The minimum Gasteiger partial charge on any atom is -0.347 e. The van der Waals surface area contributed by atoms with Crippen LogP contribution in [-0.4, -0.2) is 10.1 Å². The van der Waals surface area contributed by atoms with E-state index in [-0.39, 0.29) is 11.3 Å². The van der Waals surface area contributed by atoms with Gasteiger partial charge in [0.25, 0.3) is 0 Å². The van der Waals surface area contributed by atoms with Gasteiger partial charge >= 0.3 is 0 Å². The van der Waals surface area contributed by atoms with E-state index >= 15 is 0 Å². The third-order valence-electron chi connectivity index (χ3n) is 2.74. The normalized spacial score (nSPS) is 12.2. The molecule has 0 aliphatic rings. The summed E-state index contributed by atoms with van der Waals surface area (Å²) in [6, 6.07) is 7.12. The molecule has 0 saturated heterocycles. The summed E-state index contributed by atoms with van der Waals surface area (Å²) in [5.41, 5.74) is 6.90. The van der Waals surface area contributed by atoms with E-state index in [1.807, 2.05) is 32.2 Å². The van der Waals surface area contributed by atoms with Crippen molar-refractivity contribution in [2.75, 3.05) is 0 Å². The third-order valence-corrected chi connectivity index (χ3v) is 2.74. The molecule has 0 amide bonds. The second kappa shape index (κ2) is 3.83. The Kier molecular flexibility index (Phi) is 2.64. The van der Waals surface area contributed by atoms with Gasteiger partial charge in [-0.25, -0.2) is 0 Å². The molecule has 1 heterocycles. The van der Waals surface area contributed by atoms with Crippen molar-refractivity contribution in [3.63, 3.8) is 0 Å². The Hall–Kier alpha value is -1.48. The van der Waals surface area contributed by atoms with Crippen LogP contribution in [0.4, 0.5) is 0 Å². The van der Waals surface area contributed by atoms with E-state index in [2.05, 4.69) is 4.57 Å². The lowest BCUT2D eigenvalue weighted by molar-refractivity contribution is 0.355. The molecular formula is C13H17N2O. The van der Waals surface area contributed by atoms with E-state index in [1.54, 1.807) is 12.1 Å². The molecule has 1 radical (unpaired) electrons. The maximum Gasteiger partial charge on any atom is 0.179 e. The molecule has 0 fully saturated rings. The van der Waals surface area contributed by atoms with Gasteiger partial charge in [-0.3, -0.25) is 5.11 Å². The summed E-state index contributed by atoms with van der Waals surface area (Å²) < 4.78 is 2.14. The van der Waals surface area contributed by atoms with E-state index in [9.17, 15) is 5.11 Å². The predicted octanol–water partition coefficient (Wildman–Crippen LogP) is 2.91. The maximum atomic E-state index is 11.2. The molecule has 85 valence electrons. The highest BCUT2D eigenvalue weighted by molar-refractivity contribution is 5.81. The lowest BCUT2D eigenvalue weighted by Gasteiger charge is -2.18. The van der Waals surface area contributed by atoms with Crippen LogP contribution in [0, 0.1) is 0 Å². The van der Waals surface area contributed by atoms with E-state index in [0.717, 1.165) is 23.9 Å². The Morgan fingerprint density at radius 3 is 2.75 bits per heavy atom. The summed E-state index contributed by atoms with van der Waals surface area (Å²) in [4.78, 5) is 0. The van der Waals surface area contributed by atoms with Gasteiger partial charge in [0.1, 0.15) is 0 Å². The Balaban J connectivity index is 2.25. The fourth-order valence-electron chi connectivity index (χ4n) is 1.78. The second-order valence-electron chi connectivity index (χ2n) is 4.97. The zero-order chi connectivity index (χ0) is 11.8. The van der Waals surface area contributed by atoms with Crippen LogP contribution >= 0.6 is 0 Å². The fraction of sp³-hybridized carbons (Fsp3) is 0.385. The van der Waals surface area contributed by atoms with Gasteiger partial charge < -0.3 is 10.3 Å². The van der Waals surface area contributed by atoms with Crippen molar-refractivity contribution in [1.82, 2.24) is 4.57 Å². The average Bonchev–Trinajstić information content (AvgIpc) is 2.56. The molecular weight excluding hydrogens is 200 g/mol. The first kappa shape index (κ1) is 11.0. The van der Waals surface area contributed by atoms with Crippen LogP contribution in [0.15, 0.2) is 30.5 Å². The zero-order valence-electron chi connectivity index (χ0n) is 9.73. The number of hydrogen-bond donors (Lipinski definition) is 1. The molecule has 0 atom stereocenters. The summed E-state index contributed by atoms with van der Waals surface area (Å²) in [7, 11) is 0. The second-order valence-corrected chi connectivity index (χ2v) is 4.97. The molecule has 16 heavy (non-hydrogen) atoms. The molecule has 0 bridgehead atoms. The number of hydrogen-bond acceptors (Lipinski definition) is 1. The molecule has 2 aromatic rings. The molecule has 0 spiro atoms. The predicted molar refractivity (Wildman–Crippen MR) is 65.0 cm³/mol. The maximum absolute atomic E-state index is 11.2. The first-order valence-corrected chi connectivity index (χ1v) is 5.50. The monoisotopic (exact) mass is 217 g/mol. The van der Waals surface area contributed by atoms with Gasteiger partial charge in [-0.2, -0.15) is 0 Å². The van der Waals surface area contributed by atoms with Crippen molar-refractivity contribution in [3.05, 3.63) is 30.5 Å². The highest BCUT2D eigenvalue weighted by atomic mass is 16.3. The van der Waals surface area contributed by atoms with Gasteiger partial charge in [-0.1, -0.05) is 0 Å². The summed E-state index contributed by atoms with van der Waals surface area (Å²) in [5, 5.41) is 12.2. The number of benzene rings is 1. The molecule has 3 heteroatoms. The molecule has 0 saturated carbocycles. The van der Waals surface area contributed by atoms with Gasteiger partial charge in [0, 0.05) is 29.2 Å². The van der Waals surface area contributed by atoms with E-state index < -0.39 is 0 Å². The Morgan fingerprint density at radius 2 is 2.06 bits per heavy atom. The number of rotatable bonds is 3. The largest absolute Gasteiger partial charge is 0.347 e. The van der Waals surface area contributed by atoms with Crippen molar-refractivity contribution in [3.8, 4) is 5.75 Å². The summed E-state index contributed by atoms with van der Waals surface area (Å²) in [5.74, 6) is 0.0596. The SMILES string of the molecule is CC(C)(N)CCn1ccc2cc([O])ccc21. The van der Waals surface area contributed by atoms with Crippen molar-refractivity contribution in [2.24, 2.45) is 5.73 Å². The minimum atomic E-state index is -0.158. The van der Waals surface area contributed by atoms with E-state index in [1.165, 1.54) is 0 Å². The smallest absolute Gasteiger partial charge is 0.179 e. The quantitative estimate of drug-likeness (QED) is 0.844. The molecule has 0 unspecified atom stereocenters. The summed E-state index contributed by atoms with van der Waals surface area (Å²) >= 11 is 0. The number of nitrogens with zero attached hydrogens (tertiary/aromatic N) is 1. The molecule has 2 rings (SSSR count). The van der Waals surface area contributed by atoms with Crippen LogP contribution in [0.1, 0.15) is 20.3 Å². The van der Waals surface area contributed by atoms with Crippen LogP contribution in [0.5, 0.6) is 5.75 Å². The highest BCUT2D eigenvalue weighted by Crippen LogP contribution is 2.22. The van der Waals surface area contributed by atoms with Crippen molar-refractivity contribution in [1.29, 1.82) is 0 Å².